The highest BCUT2D eigenvalue weighted by Gasteiger charge is 2.15. The van der Waals surface area contributed by atoms with Crippen molar-refractivity contribution < 1.29 is 4.74 Å². The van der Waals surface area contributed by atoms with E-state index in [1.54, 1.807) is 55.5 Å². The zero-order chi connectivity index (χ0) is 20.4. The molecule has 0 saturated carbocycles. The van der Waals surface area contributed by atoms with Crippen LogP contribution in [-0.2, 0) is 0 Å². The van der Waals surface area contributed by atoms with Crippen LogP contribution in [0.2, 0.25) is 0 Å². The number of aryl methyl sites for hydroxylation is 1. The summed E-state index contributed by atoms with van der Waals surface area (Å²) in [5.41, 5.74) is -0.958. The normalized spacial score (nSPS) is 10.7. The molecule has 0 bridgehead atoms. The highest BCUT2D eigenvalue weighted by molar-refractivity contribution is 5.46. The Kier molecular flexibility index (Phi) is 4.70. The van der Waals surface area contributed by atoms with Crippen LogP contribution in [0.1, 0.15) is 5.56 Å². The number of benzene rings is 3. The van der Waals surface area contributed by atoms with Crippen molar-refractivity contribution in [3.63, 3.8) is 0 Å². The molecule has 0 fully saturated rings. The zero-order valence-corrected chi connectivity index (χ0v) is 15.5. The summed E-state index contributed by atoms with van der Waals surface area (Å²) in [7, 11) is 0. The SMILES string of the molecule is Cc1cc(Oc2ccccc2)ccc1-n1c(=O)[nH]c(=O)n(-c2ccccc2)c1=O. The predicted octanol–water partition coefficient (Wildman–Crippen LogP) is 2.78. The number of aromatic amines is 1. The minimum absolute atomic E-state index is 0.362. The zero-order valence-electron chi connectivity index (χ0n) is 15.5. The molecule has 0 atom stereocenters. The number of H-pyrrole nitrogens is 1. The molecule has 7 nitrogen and oxygen atoms in total. The molecule has 0 radical (unpaired) electrons. The number of hydrogen-bond donors (Lipinski definition) is 1. The third-order valence-corrected chi connectivity index (χ3v) is 4.41. The first-order valence-electron chi connectivity index (χ1n) is 8.92. The Morgan fingerprint density at radius 3 is 2.00 bits per heavy atom. The number of rotatable bonds is 4. The third-order valence-electron chi connectivity index (χ3n) is 4.41. The topological polar surface area (TPSA) is 86.1 Å². The number of nitrogens with one attached hydrogen (secondary N) is 1. The van der Waals surface area contributed by atoms with Gasteiger partial charge in [-0.2, -0.15) is 0 Å². The highest BCUT2D eigenvalue weighted by atomic mass is 16.5. The third kappa shape index (κ3) is 3.53. The maximum absolute atomic E-state index is 13.0. The van der Waals surface area contributed by atoms with Crippen LogP contribution < -0.4 is 21.8 Å². The van der Waals surface area contributed by atoms with E-state index in [2.05, 4.69) is 4.98 Å². The minimum atomic E-state index is -0.799. The molecule has 0 spiro atoms. The van der Waals surface area contributed by atoms with Crippen molar-refractivity contribution in [2.45, 2.75) is 6.92 Å². The van der Waals surface area contributed by atoms with Gasteiger partial charge in [0, 0.05) is 0 Å². The molecule has 29 heavy (non-hydrogen) atoms. The van der Waals surface area contributed by atoms with Crippen LogP contribution in [-0.4, -0.2) is 14.1 Å². The van der Waals surface area contributed by atoms with E-state index < -0.39 is 17.1 Å². The van der Waals surface area contributed by atoms with Crippen LogP contribution in [0.15, 0.2) is 93.2 Å². The summed E-state index contributed by atoms with van der Waals surface area (Å²) < 4.78 is 7.66. The predicted molar refractivity (Wildman–Crippen MR) is 110 cm³/mol. The van der Waals surface area contributed by atoms with Crippen LogP contribution in [0, 0.1) is 6.92 Å². The Morgan fingerprint density at radius 1 is 0.724 bits per heavy atom. The number of para-hydroxylation sites is 2. The molecule has 0 aliphatic heterocycles. The number of hydrogen-bond acceptors (Lipinski definition) is 4. The van der Waals surface area contributed by atoms with Gasteiger partial charge in [0.05, 0.1) is 11.4 Å². The Labute approximate surface area is 165 Å². The lowest BCUT2D eigenvalue weighted by molar-refractivity contribution is 0.482. The molecule has 0 aliphatic rings. The first-order chi connectivity index (χ1) is 14.0. The molecule has 4 rings (SSSR count). The van der Waals surface area contributed by atoms with Gasteiger partial charge in [-0.3, -0.25) is 4.98 Å². The molecule has 0 aliphatic carbocycles. The van der Waals surface area contributed by atoms with Crippen molar-refractivity contribution in [1.29, 1.82) is 0 Å². The molecule has 7 heteroatoms. The van der Waals surface area contributed by atoms with Crippen molar-refractivity contribution in [2.24, 2.45) is 0 Å². The lowest BCUT2D eigenvalue weighted by Crippen LogP contribution is -2.48. The quantitative estimate of drug-likeness (QED) is 0.583. The lowest BCUT2D eigenvalue weighted by Gasteiger charge is -2.13. The fourth-order valence-electron chi connectivity index (χ4n) is 3.06. The van der Waals surface area contributed by atoms with Crippen molar-refractivity contribution in [2.75, 3.05) is 0 Å². The largest absolute Gasteiger partial charge is 0.457 e. The van der Waals surface area contributed by atoms with Gasteiger partial charge in [0.25, 0.3) is 0 Å². The Bertz CT molecular complexity index is 1340. The average Bonchev–Trinajstić information content (AvgIpc) is 2.71. The van der Waals surface area contributed by atoms with E-state index in [1.165, 1.54) is 0 Å². The Hall–Kier alpha value is -4.13. The second-order valence-electron chi connectivity index (χ2n) is 6.39. The molecule has 1 heterocycles. The van der Waals surface area contributed by atoms with Gasteiger partial charge in [-0.25, -0.2) is 23.5 Å². The van der Waals surface area contributed by atoms with E-state index in [1.807, 2.05) is 30.3 Å². The summed E-state index contributed by atoms with van der Waals surface area (Å²) >= 11 is 0. The van der Waals surface area contributed by atoms with E-state index in [-0.39, 0.29) is 0 Å². The molecule has 1 N–H and O–H groups in total. The van der Waals surface area contributed by atoms with Crippen LogP contribution in [0.3, 0.4) is 0 Å². The second-order valence-corrected chi connectivity index (χ2v) is 6.39. The van der Waals surface area contributed by atoms with Crippen molar-refractivity contribution in [3.8, 4) is 22.9 Å². The smallest absolute Gasteiger partial charge is 0.345 e. The van der Waals surface area contributed by atoms with Gasteiger partial charge >= 0.3 is 17.1 Å². The Morgan fingerprint density at radius 2 is 1.34 bits per heavy atom. The van der Waals surface area contributed by atoms with Gasteiger partial charge in [0.15, 0.2) is 0 Å². The van der Waals surface area contributed by atoms with E-state index >= 15 is 0 Å². The fourth-order valence-corrected chi connectivity index (χ4v) is 3.06. The van der Waals surface area contributed by atoms with Crippen LogP contribution >= 0.6 is 0 Å². The summed E-state index contributed by atoms with van der Waals surface area (Å²) in [4.78, 5) is 39.9. The molecule has 0 saturated heterocycles. The maximum Gasteiger partial charge on any atom is 0.345 e. The fraction of sp³-hybridized carbons (Fsp3) is 0.0455. The number of ether oxygens (including phenoxy) is 1. The van der Waals surface area contributed by atoms with Crippen LogP contribution in [0.25, 0.3) is 11.4 Å². The van der Waals surface area contributed by atoms with Crippen LogP contribution in [0.4, 0.5) is 0 Å². The van der Waals surface area contributed by atoms with Gasteiger partial charge in [-0.15, -0.1) is 0 Å². The van der Waals surface area contributed by atoms with Gasteiger partial charge < -0.3 is 4.74 Å². The summed E-state index contributed by atoms with van der Waals surface area (Å²) in [5, 5.41) is 0. The summed E-state index contributed by atoms with van der Waals surface area (Å²) in [6, 6.07) is 22.7. The molecule has 1 aromatic heterocycles. The maximum atomic E-state index is 13.0. The van der Waals surface area contributed by atoms with Crippen LogP contribution in [0.5, 0.6) is 11.5 Å². The van der Waals surface area contributed by atoms with Crippen molar-refractivity contribution >= 4 is 0 Å². The molecule has 0 amide bonds. The molecule has 144 valence electrons. The van der Waals surface area contributed by atoms with E-state index in [0.29, 0.717) is 28.4 Å². The first-order valence-corrected chi connectivity index (χ1v) is 8.92. The Balaban J connectivity index is 1.82. The average molecular weight is 387 g/mol. The van der Waals surface area contributed by atoms with Gasteiger partial charge in [-0.1, -0.05) is 36.4 Å². The van der Waals surface area contributed by atoms with Crippen molar-refractivity contribution in [3.05, 3.63) is 116 Å². The van der Waals surface area contributed by atoms with E-state index in [0.717, 1.165) is 9.13 Å². The second kappa shape index (κ2) is 7.47. The lowest BCUT2D eigenvalue weighted by atomic mass is 10.2. The van der Waals surface area contributed by atoms with Crippen molar-refractivity contribution in [1.82, 2.24) is 14.1 Å². The van der Waals surface area contributed by atoms with E-state index in [9.17, 15) is 14.4 Å². The summed E-state index contributed by atoms with van der Waals surface area (Å²) in [5.74, 6) is 1.24. The molecular formula is C22H17N3O4. The monoisotopic (exact) mass is 387 g/mol. The van der Waals surface area contributed by atoms with Gasteiger partial charge in [-0.05, 0) is 55.0 Å². The minimum Gasteiger partial charge on any atom is -0.457 e. The standard InChI is InChI=1S/C22H17N3O4/c1-15-14-18(29-17-10-6-3-7-11-17)12-13-19(15)25-21(27)23-20(26)24(22(25)28)16-8-4-2-5-9-16/h2-14H,1H3,(H,23,26,27). The summed E-state index contributed by atoms with van der Waals surface area (Å²) in [6.45, 7) is 1.76. The first kappa shape index (κ1) is 18.2. The van der Waals surface area contributed by atoms with Gasteiger partial charge in [0.1, 0.15) is 11.5 Å². The molecular weight excluding hydrogens is 370 g/mol. The number of nitrogens with zero attached hydrogens (tertiary/aromatic N) is 2. The van der Waals surface area contributed by atoms with Gasteiger partial charge in [0.2, 0.25) is 0 Å². The molecule has 3 aromatic carbocycles. The highest BCUT2D eigenvalue weighted by Crippen LogP contribution is 2.24. The molecule has 4 aromatic rings. The molecule has 0 unspecified atom stereocenters. The van der Waals surface area contributed by atoms with E-state index in [4.69, 9.17) is 4.74 Å². The number of aromatic nitrogens is 3. The summed E-state index contributed by atoms with van der Waals surface area (Å²) in [6.07, 6.45) is 0.